The standard InChI is InChI=1S/C16H26ClN3/c17-10-4-11-19(15-7-3-8-15)13-14-9-12-20(18-14)16-5-1-2-6-16/h9,12,15-16H,1-8,10-11,13H2. The number of halogens is 1. The highest BCUT2D eigenvalue weighted by atomic mass is 35.5. The molecular weight excluding hydrogens is 270 g/mol. The number of nitrogens with zero attached hydrogens (tertiary/aromatic N) is 3. The fraction of sp³-hybridized carbons (Fsp3) is 0.812. The molecule has 0 saturated heterocycles. The van der Waals surface area contributed by atoms with E-state index in [2.05, 4.69) is 21.8 Å². The molecule has 0 aromatic carbocycles. The van der Waals surface area contributed by atoms with Crippen LogP contribution >= 0.6 is 11.6 Å². The Hall–Kier alpha value is -0.540. The fourth-order valence-corrected chi connectivity index (χ4v) is 3.57. The molecule has 1 heterocycles. The van der Waals surface area contributed by atoms with E-state index in [9.17, 15) is 0 Å². The molecule has 2 saturated carbocycles. The average molecular weight is 296 g/mol. The maximum atomic E-state index is 5.86. The Morgan fingerprint density at radius 3 is 2.65 bits per heavy atom. The molecular formula is C16H26ClN3. The van der Waals surface area contributed by atoms with E-state index in [0.717, 1.165) is 31.4 Å². The molecule has 2 aliphatic carbocycles. The Bertz CT molecular complexity index is 408. The van der Waals surface area contributed by atoms with E-state index in [1.807, 2.05) is 0 Å². The monoisotopic (exact) mass is 295 g/mol. The zero-order valence-corrected chi connectivity index (χ0v) is 13.1. The van der Waals surface area contributed by atoms with Crippen molar-refractivity contribution >= 4 is 11.6 Å². The minimum Gasteiger partial charge on any atom is -0.294 e. The highest BCUT2D eigenvalue weighted by Gasteiger charge is 2.25. The van der Waals surface area contributed by atoms with Gasteiger partial charge in [-0.05, 0) is 44.7 Å². The normalized spacial score (nSPS) is 20.7. The smallest absolute Gasteiger partial charge is 0.0765 e. The van der Waals surface area contributed by atoms with E-state index in [0.29, 0.717) is 6.04 Å². The molecule has 0 radical (unpaired) electrons. The van der Waals surface area contributed by atoms with Gasteiger partial charge in [-0.25, -0.2) is 0 Å². The fourth-order valence-electron chi connectivity index (χ4n) is 3.45. The van der Waals surface area contributed by atoms with E-state index in [-0.39, 0.29) is 0 Å². The van der Waals surface area contributed by atoms with Gasteiger partial charge in [0.1, 0.15) is 0 Å². The molecule has 1 aromatic heterocycles. The van der Waals surface area contributed by atoms with Gasteiger partial charge in [0.15, 0.2) is 0 Å². The molecule has 0 atom stereocenters. The van der Waals surface area contributed by atoms with Crippen molar-refractivity contribution < 1.29 is 0 Å². The van der Waals surface area contributed by atoms with Crippen LogP contribution < -0.4 is 0 Å². The van der Waals surface area contributed by atoms with Gasteiger partial charge in [-0.15, -0.1) is 11.6 Å². The van der Waals surface area contributed by atoms with Gasteiger partial charge < -0.3 is 0 Å². The SMILES string of the molecule is ClCCCN(Cc1ccn(C2CCCC2)n1)C1CCC1. The molecule has 2 fully saturated rings. The largest absolute Gasteiger partial charge is 0.294 e. The molecule has 0 unspecified atom stereocenters. The summed E-state index contributed by atoms with van der Waals surface area (Å²) in [5, 5.41) is 4.82. The lowest BCUT2D eigenvalue weighted by Crippen LogP contribution is -2.40. The van der Waals surface area contributed by atoms with Crippen molar-refractivity contribution in [2.75, 3.05) is 12.4 Å². The summed E-state index contributed by atoms with van der Waals surface area (Å²) in [5.41, 5.74) is 1.23. The first-order chi connectivity index (χ1) is 9.86. The molecule has 0 N–H and O–H groups in total. The summed E-state index contributed by atoms with van der Waals surface area (Å²) in [4.78, 5) is 2.59. The minimum absolute atomic E-state index is 0.656. The van der Waals surface area contributed by atoms with Crippen LogP contribution in [0.25, 0.3) is 0 Å². The van der Waals surface area contributed by atoms with Crippen molar-refractivity contribution in [3.63, 3.8) is 0 Å². The topological polar surface area (TPSA) is 21.1 Å². The number of rotatable bonds is 7. The van der Waals surface area contributed by atoms with Crippen molar-refractivity contribution in [2.24, 2.45) is 0 Å². The molecule has 0 bridgehead atoms. The minimum atomic E-state index is 0.656. The van der Waals surface area contributed by atoms with Crippen LogP contribution in [0.2, 0.25) is 0 Å². The van der Waals surface area contributed by atoms with Crippen LogP contribution in [0.4, 0.5) is 0 Å². The van der Waals surface area contributed by atoms with Gasteiger partial charge in [-0.3, -0.25) is 9.58 Å². The van der Waals surface area contributed by atoms with E-state index in [1.54, 1.807) is 0 Å². The van der Waals surface area contributed by atoms with Crippen LogP contribution in [0.15, 0.2) is 12.3 Å². The maximum Gasteiger partial charge on any atom is 0.0765 e. The van der Waals surface area contributed by atoms with E-state index in [1.165, 1.54) is 50.6 Å². The summed E-state index contributed by atoms with van der Waals surface area (Å²) in [7, 11) is 0. The highest BCUT2D eigenvalue weighted by Crippen LogP contribution is 2.29. The van der Waals surface area contributed by atoms with Crippen molar-refractivity contribution in [2.45, 2.75) is 70.0 Å². The second kappa shape index (κ2) is 6.95. The van der Waals surface area contributed by atoms with Gasteiger partial charge >= 0.3 is 0 Å². The summed E-state index contributed by atoms with van der Waals surface area (Å²) in [6.45, 7) is 2.12. The predicted molar refractivity (Wildman–Crippen MR) is 83.1 cm³/mol. The van der Waals surface area contributed by atoms with Crippen LogP contribution in [0.1, 0.15) is 63.1 Å². The Kier molecular flexibility index (Phi) is 5.00. The quantitative estimate of drug-likeness (QED) is 0.710. The predicted octanol–water partition coefficient (Wildman–Crippen LogP) is 3.98. The molecule has 20 heavy (non-hydrogen) atoms. The first-order valence-electron chi connectivity index (χ1n) is 8.21. The van der Waals surface area contributed by atoms with Crippen molar-refractivity contribution in [3.8, 4) is 0 Å². The Labute approximate surface area is 127 Å². The van der Waals surface area contributed by atoms with Crippen molar-refractivity contribution in [1.82, 2.24) is 14.7 Å². The van der Waals surface area contributed by atoms with Crippen LogP contribution in [0, 0.1) is 0 Å². The lowest BCUT2D eigenvalue weighted by atomic mass is 9.91. The number of alkyl halides is 1. The first kappa shape index (κ1) is 14.4. The second-order valence-electron chi connectivity index (χ2n) is 6.32. The third-order valence-electron chi connectivity index (χ3n) is 4.90. The molecule has 4 heteroatoms. The third kappa shape index (κ3) is 3.37. The number of aromatic nitrogens is 2. The van der Waals surface area contributed by atoms with Gasteiger partial charge in [0.2, 0.25) is 0 Å². The second-order valence-corrected chi connectivity index (χ2v) is 6.70. The Balaban J connectivity index is 1.59. The summed E-state index contributed by atoms with van der Waals surface area (Å²) in [5.74, 6) is 0.764. The molecule has 3 rings (SSSR count). The zero-order chi connectivity index (χ0) is 13.8. The Morgan fingerprint density at radius 2 is 2.00 bits per heavy atom. The molecule has 0 spiro atoms. The molecule has 2 aliphatic rings. The van der Waals surface area contributed by atoms with Crippen molar-refractivity contribution in [3.05, 3.63) is 18.0 Å². The summed E-state index contributed by atoms with van der Waals surface area (Å²) in [6.07, 6.45) is 12.7. The van der Waals surface area contributed by atoms with E-state index >= 15 is 0 Å². The average Bonchev–Trinajstić information content (AvgIpc) is 3.04. The van der Waals surface area contributed by atoms with Crippen LogP contribution in [-0.4, -0.2) is 33.1 Å². The zero-order valence-electron chi connectivity index (χ0n) is 12.3. The summed E-state index contributed by atoms with van der Waals surface area (Å²) < 4.78 is 2.21. The number of hydrogen-bond donors (Lipinski definition) is 0. The Morgan fingerprint density at radius 1 is 1.20 bits per heavy atom. The molecule has 3 nitrogen and oxygen atoms in total. The van der Waals surface area contributed by atoms with Crippen LogP contribution in [0.5, 0.6) is 0 Å². The summed E-state index contributed by atoms with van der Waals surface area (Å²) >= 11 is 5.86. The van der Waals surface area contributed by atoms with Gasteiger partial charge in [-0.2, -0.15) is 5.10 Å². The maximum absolute atomic E-state index is 5.86. The van der Waals surface area contributed by atoms with E-state index in [4.69, 9.17) is 16.7 Å². The van der Waals surface area contributed by atoms with Crippen molar-refractivity contribution in [1.29, 1.82) is 0 Å². The first-order valence-corrected chi connectivity index (χ1v) is 8.74. The van der Waals surface area contributed by atoms with Crippen LogP contribution in [0.3, 0.4) is 0 Å². The third-order valence-corrected chi connectivity index (χ3v) is 5.16. The molecule has 0 amide bonds. The molecule has 1 aromatic rings. The van der Waals surface area contributed by atoms with Gasteiger partial charge in [0, 0.05) is 24.7 Å². The molecule has 0 aliphatic heterocycles. The van der Waals surface area contributed by atoms with Gasteiger partial charge in [-0.1, -0.05) is 19.3 Å². The molecule has 112 valence electrons. The van der Waals surface area contributed by atoms with Gasteiger partial charge in [0.25, 0.3) is 0 Å². The lowest BCUT2D eigenvalue weighted by molar-refractivity contribution is 0.118. The van der Waals surface area contributed by atoms with E-state index < -0.39 is 0 Å². The lowest BCUT2D eigenvalue weighted by Gasteiger charge is -2.37. The summed E-state index contributed by atoms with van der Waals surface area (Å²) in [6, 6.07) is 3.64. The van der Waals surface area contributed by atoms with Gasteiger partial charge in [0.05, 0.1) is 11.7 Å². The highest BCUT2D eigenvalue weighted by molar-refractivity contribution is 6.17. The number of hydrogen-bond acceptors (Lipinski definition) is 2. The van der Waals surface area contributed by atoms with Crippen LogP contribution in [-0.2, 0) is 6.54 Å².